The van der Waals surface area contributed by atoms with Crippen molar-refractivity contribution in [2.45, 2.75) is 25.8 Å². The van der Waals surface area contributed by atoms with Crippen molar-refractivity contribution in [3.63, 3.8) is 0 Å². The van der Waals surface area contributed by atoms with Crippen LogP contribution in [0.3, 0.4) is 0 Å². The molecule has 1 aromatic rings. The van der Waals surface area contributed by atoms with Gasteiger partial charge in [0, 0.05) is 37.8 Å². The molecule has 1 aliphatic rings. The normalized spacial score (nSPS) is 20.6. The first-order chi connectivity index (χ1) is 7.75. The quantitative estimate of drug-likeness (QED) is 0.773. The maximum atomic E-state index is 11.5. The van der Waals surface area contributed by atoms with Gasteiger partial charge >= 0.3 is 0 Å². The van der Waals surface area contributed by atoms with Crippen LogP contribution in [0.2, 0.25) is 0 Å². The Hall–Kier alpha value is -1.22. The van der Waals surface area contributed by atoms with Crippen LogP contribution >= 0.6 is 0 Å². The summed E-state index contributed by atoms with van der Waals surface area (Å²) in [5.41, 5.74) is 1.20. The summed E-state index contributed by atoms with van der Waals surface area (Å²) < 4.78 is 0. The number of carbonyl (C=O) groups is 1. The van der Waals surface area contributed by atoms with Crippen LogP contribution in [-0.4, -0.2) is 29.3 Å². The third kappa shape index (κ3) is 2.89. The van der Waals surface area contributed by atoms with Crippen LogP contribution in [-0.2, 0) is 11.3 Å². The molecule has 1 saturated carbocycles. The molecule has 3 heteroatoms. The van der Waals surface area contributed by atoms with E-state index in [9.17, 15) is 4.79 Å². The van der Waals surface area contributed by atoms with Crippen molar-refractivity contribution < 1.29 is 4.79 Å². The van der Waals surface area contributed by atoms with E-state index in [1.54, 1.807) is 6.20 Å². The second-order valence-electron chi connectivity index (χ2n) is 4.61. The molecule has 2 rings (SSSR count). The van der Waals surface area contributed by atoms with Crippen molar-refractivity contribution in [2.24, 2.45) is 5.92 Å². The number of carbonyl (C=O) groups excluding carboxylic acids is 1. The number of pyridine rings is 1. The minimum Gasteiger partial charge on any atom is -0.301 e. The molecule has 0 radical (unpaired) electrons. The fraction of sp³-hybridized carbons (Fsp3) is 0.538. The lowest BCUT2D eigenvalue weighted by atomic mass is 10.1. The van der Waals surface area contributed by atoms with Gasteiger partial charge in [-0.2, -0.15) is 0 Å². The number of Topliss-reactive ketones (excluding diaryl/α,β-unsaturated/α-hetero) is 1. The highest BCUT2D eigenvalue weighted by molar-refractivity contribution is 5.83. The second-order valence-corrected chi connectivity index (χ2v) is 4.61. The van der Waals surface area contributed by atoms with E-state index in [4.69, 9.17) is 0 Å². The third-order valence-electron chi connectivity index (χ3n) is 3.14. The fourth-order valence-electron chi connectivity index (χ4n) is 2.33. The van der Waals surface area contributed by atoms with Crippen molar-refractivity contribution in [1.82, 2.24) is 9.88 Å². The fourth-order valence-corrected chi connectivity index (χ4v) is 2.33. The van der Waals surface area contributed by atoms with Gasteiger partial charge < -0.3 is 4.90 Å². The van der Waals surface area contributed by atoms with Crippen molar-refractivity contribution in [3.05, 3.63) is 30.1 Å². The van der Waals surface area contributed by atoms with E-state index in [0.717, 1.165) is 32.4 Å². The number of aromatic nitrogens is 1. The van der Waals surface area contributed by atoms with Crippen LogP contribution in [0.15, 0.2) is 24.5 Å². The van der Waals surface area contributed by atoms with Crippen LogP contribution < -0.4 is 0 Å². The zero-order valence-electron chi connectivity index (χ0n) is 9.72. The summed E-state index contributed by atoms with van der Waals surface area (Å²) in [4.78, 5) is 17.8. The molecule has 86 valence electrons. The molecule has 0 aliphatic heterocycles. The summed E-state index contributed by atoms with van der Waals surface area (Å²) in [5, 5.41) is 0. The SMILES string of the molecule is CN(Cc1cccnc1)CC1CCCC1=O. The van der Waals surface area contributed by atoms with Crippen molar-refractivity contribution in [3.8, 4) is 0 Å². The van der Waals surface area contributed by atoms with Crippen LogP contribution in [0, 0.1) is 5.92 Å². The summed E-state index contributed by atoms with van der Waals surface area (Å²) in [6.45, 7) is 1.76. The van der Waals surface area contributed by atoms with E-state index in [1.807, 2.05) is 12.3 Å². The third-order valence-corrected chi connectivity index (χ3v) is 3.14. The number of nitrogens with zero attached hydrogens (tertiary/aromatic N) is 2. The van der Waals surface area contributed by atoms with Gasteiger partial charge in [-0.05, 0) is 31.5 Å². The molecule has 16 heavy (non-hydrogen) atoms. The Labute approximate surface area is 96.5 Å². The Kier molecular flexibility index (Phi) is 3.67. The van der Waals surface area contributed by atoms with Crippen LogP contribution in [0.25, 0.3) is 0 Å². The zero-order valence-corrected chi connectivity index (χ0v) is 9.72. The Bertz CT molecular complexity index is 350. The van der Waals surface area contributed by atoms with Gasteiger partial charge in [0.25, 0.3) is 0 Å². The van der Waals surface area contributed by atoms with Crippen molar-refractivity contribution in [1.29, 1.82) is 0 Å². The van der Waals surface area contributed by atoms with Gasteiger partial charge in [-0.25, -0.2) is 0 Å². The Morgan fingerprint density at radius 2 is 2.44 bits per heavy atom. The van der Waals surface area contributed by atoms with Gasteiger partial charge in [0.05, 0.1) is 0 Å². The molecule has 0 saturated heterocycles. The second kappa shape index (κ2) is 5.21. The average Bonchev–Trinajstić information content (AvgIpc) is 2.66. The molecule has 1 aliphatic carbocycles. The molecular weight excluding hydrogens is 200 g/mol. The molecule has 0 spiro atoms. The van der Waals surface area contributed by atoms with Gasteiger partial charge in [-0.1, -0.05) is 6.07 Å². The van der Waals surface area contributed by atoms with Gasteiger partial charge in [0.1, 0.15) is 5.78 Å². The average molecular weight is 218 g/mol. The van der Waals surface area contributed by atoms with Gasteiger partial charge in [-0.15, -0.1) is 0 Å². The molecule has 0 amide bonds. The van der Waals surface area contributed by atoms with E-state index >= 15 is 0 Å². The molecule has 1 unspecified atom stereocenters. The highest BCUT2D eigenvalue weighted by Gasteiger charge is 2.25. The lowest BCUT2D eigenvalue weighted by Gasteiger charge is -2.19. The minimum absolute atomic E-state index is 0.265. The number of ketones is 1. The molecule has 0 bridgehead atoms. The highest BCUT2D eigenvalue weighted by Crippen LogP contribution is 2.22. The van der Waals surface area contributed by atoms with E-state index in [-0.39, 0.29) is 5.92 Å². The molecular formula is C13H18N2O. The monoisotopic (exact) mass is 218 g/mol. The molecule has 1 fully saturated rings. The number of hydrogen-bond acceptors (Lipinski definition) is 3. The van der Waals surface area contributed by atoms with E-state index in [0.29, 0.717) is 5.78 Å². The maximum absolute atomic E-state index is 11.5. The van der Waals surface area contributed by atoms with Gasteiger partial charge in [0.15, 0.2) is 0 Å². The lowest BCUT2D eigenvalue weighted by molar-refractivity contribution is -0.121. The van der Waals surface area contributed by atoms with E-state index in [1.165, 1.54) is 5.56 Å². The zero-order chi connectivity index (χ0) is 11.4. The summed E-state index contributed by atoms with van der Waals surface area (Å²) in [7, 11) is 2.07. The summed E-state index contributed by atoms with van der Waals surface area (Å²) in [6, 6.07) is 4.02. The summed E-state index contributed by atoms with van der Waals surface area (Å²) in [5.74, 6) is 0.708. The summed E-state index contributed by atoms with van der Waals surface area (Å²) in [6.07, 6.45) is 6.59. The largest absolute Gasteiger partial charge is 0.301 e. The molecule has 1 heterocycles. The molecule has 1 aromatic heterocycles. The van der Waals surface area contributed by atoms with Gasteiger partial charge in [-0.3, -0.25) is 9.78 Å². The van der Waals surface area contributed by atoms with Crippen molar-refractivity contribution in [2.75, 3.05) is 13.6 Å². The standard InChI is InChI=1S/C13H18N2O/c1-15(9-11-4-3-7-14-8-11)10-12-5-2-6-13(12)16/h3-4,7-8,12H,2,5-6,9-10H2,1H3. The molecule has 0 aromatic carbocycles. The predicted octanol–water partition coefficient (Wildman–Crippen LogP) is 1.88. The Balaban J connectivity index is 1.84. The van der Waals surface area contributed by atoms with E-state index in [2.05, 4.69) is 23.0 Å². The topological polar surface area (TPSA) is 33.2 Å². The van der Waals surface area contributed by atoms with E-state index < -0.39 is 0 Å². The predicted molar refractivity (Wildman–Crippen MR) is 62.9 cm³/mol. The maximum Gasteiger partial charge on any atom is 0.137 e. The van der Waals surface area contributed by atoms with Crippen molar-refractivity contribution >= 4 is 5.78 Å². The Morgan fingerprint density at radius 1 is 1.56 bits per heavy atom. The molecule has 3 nitrogen and oxygen atoms in total. The lowest BCUT2D eigenvalue weighted by Crippen LogP contribution is -2.27. The van der Waals surface area contributed by atoms with Gasteiger partial charge in [0.2, 0.25) is 0 Å². The smallest absolute Gasteiger partial charge is 0.137 e. The summed E-state index contributed by atoms with van der Waals surface area (Å²) >= 11 is 0. The Morgan fingerprint density at radius 3 is 3.06 bits per heavy atom. The van der Waals surface area contributed by atoms with Crippen LogP contribution in [0.4, 0.5) is 0 Å². The first-order valence-corrected chi connectivity index (χ1v) is 5.86. The number of rotatable bonds is 4. The molecule has 0 N–H and O–H groups in total. The molecule has 1 atom stereocenters. The van der Waals surface area contributed by atoms with Crippen LogP contribution in [0.5, 0.6) is 0 Å². The first kappa shape index (κ1) is 11.3. The first-order valence-electron chi connectivity index (χ1n) is 5.86. The number of hydrogen-bond donors (Lipinski definition) is 0. The van der Waals surface area contributed by atoms with Crippen LogP contribution in [0.1, 0.15) is 24.8 Å². The highest BCUT2D eigenvalue weighted by atomic mass is 16.1. The minimum atomic E-state index is 0.265.